The average Bonchev–Trinajstić information content (AvgIpc) is 3.18. The highest BCUT2D eigenvalue weighted by Crippen LogP contribution is 2.29. The van der Waals surface area contributed by atoms with Crippen LogP contribution in [-0.2, 0) is 14.3 Å². The lowest BCUT2D eigenvalue weighted by Gasteiger charge is -2.21. The predicted molar refractivity (Wildman–Crippen MR) is 146 cm³/mol. The van der Waals surface area contributed by atoms with Crippen LogP contribution in [0, 0.1) is 0 Å². The Hall–Kier alpha value is -4.24. The molecule has 4 rings (SSSR count). The van der Waals surface area contributed by atoms with Crippen LogP contribution in [0.5, 0.6) is 11.5 Å². The third-order valence-electron chi connectivity index (χ3n) is 5.65. The summed E-state index contributed by atoms with van der Waals surface area (Å²) < 4.78 is 18.1. The second kappa shape index (κ2) is 11.9. The zero-order valence-electron chi connectivity index (χ0n) is 21.6. The Morgan fingerprint density at radius 2 is 1.82 bits per heavy atom. The first kappa shape index (κ1) is 26.8. The summed E-state index contributed by atoms with van der Waals surface area (Å²) in [5.74, 6) is -0.261. The molecule has 2 aromatic carbocycles. The molecule has 0 amide bonds. The highest BCUT2D eigenvalue weighted by molar-refractivity contribution is 7.07. The van der Waals surface area contributed by atoms with Gasteiger partial charge in [0.1, 0.15) is 0 Å². The number of carbonyl (C=O) groups excluding carboxylic acids is 2. The van der Waals surface area contributed by atoms with Gasteiger partial charge in [-0.15, -0.1) is 0 Å². The Labute approximate surface area is 223 Å². The fourth-order valence-corrected chi connectivity index (χ4v) is 5.11. The number of benzene rings is 2. The van der Waals surface area contributed by atoms with E-state index in [2.05, 4.69) is 4.99 Å². The summed E-state index contributed by atoms with van der Waals surface area (Å²) in [6.45, 7) is 7.22. The lowest BCUT2D eigenvalue weighted by atomic mass is 10.0. The number of allylic oxidation sites excluding steroid dienone is 2. The van der Waals surface area contributed by atoms with Crippen LogP contribution in [0.3, 0.4) is 0 Å². The minimum absolute atomic E-state index is 0.209. The van der Waals surface area contributed by atoms with E-state index >= 15 is 0 Å². The Kier molecular flexibility index (Phi) is 8.38. The number of hydrogen-bond acceptors (Lipinski definition) is 8. The molecule has 0 saturated carbocycles. The van der Waals surface area contributed by atoms with Gasteiger partial charge in [0.15, 0.2) is 16.3 Å². The van der Waals surface area contributed by atoms with Crippen molar-refractivity contribution in [2.75, 3.05) is 13.2 Å². The van der Waals surface area contributed by atoms with Gasteiger partial charge in [-0.25, -0.2) is 9.79 Å². The highest BCUT2D eigenvalue weighted by Gasteiger charge is 2.30. The molecule has 0 aliphatic carbocycles. The Balaban J connectivity index is 1.83. The SMILES string of the molecule is CCOC(=O)C1=C(C)N=c2sc(=Cc3ccc(OC(C)=O)c(OCC)c3)c(=O)n2[C@H]1/C=C\c1ccccc1. The zero-order valence-corrected chi connectivity index (χ0v) is 22.4. The van der Waals surface area contributed by atoms with Crippen molar-refractivity contribution in [3.63, 3.8) is 0 Å². The van der Waals surface area contributed by atoms with E-state index in [0.29, 0.717) is 44.3 Å². The van der Waals surface area contributed by atoms with Crippen molar-refractivity contribution in [1.82, 2.24) is 4.57 Å². The highest BCUT2D eigenvalue weighted by atomic mass is 32.1. The maximum absolute atomic E-state index is 13.7. The van der Waals surface area contributed by atoms with Gasteiger partial charge in [0.2, 0.25) is 0 Å². The van der Waals surface area contributed by atoms with Crippen molar-refractivity contribution in [3.8, 4) is 11.5 Å². The molecule has 1 aliphatic heterocycles. The number of esters is 2. The van der Waals surface area contributed by atoms with Gasteiger partial charge in [-0.3, -0.25) is 14.2 Å². The molecule has 0 fully saturated rings. The van der Waals surface area contributed by atoms with Crippen LogP contribution in [0.2, 0.25) is 0 Å². The van der Waals surface area contributed by atoms with Crippen molar-refractivity contribution in [2.45, 2.75) is 33.7 Å². The summed E-state index contributed by atoms with van der Waals surface area (Å²) in [4.78, 5) is 43.1. The molecular weight excluding hydrogens is 504 g/mol. The fourth-order valence-electron chi connectivity index (χ4n) is 4.06. The third-order valence-corrected chi connectivity index (χ3v) is 6.63. The monoisotopic (exact) mass is 532 g/mol. The Morgan fingerprint density at radius 3 is 2.50 bits per heavy atom. The van der Waals surface area contributed by atoms with Gasteiger partial charge in [-0.05, 0) is 50.1 Å². The van der Waals surface area contributed by atoms with Crippen LogP contribution in [0.15, 0.2) is 75.7 Å². The number of fused-ring (bicyclic) bond motifs is 1. The van der Waals surface area contributed by atoms with E-state index in [0.717, 1.165) is 5.56 Å². The number of hydrogen-bond donors (Lipinski definition) is 0. The first-order valence-corrected chi connectivity index (χ1v) is 13.0. The normalized spacial score (nSPS) is 15.3. The summed E-state index contributed by atoms with van der Waals surface area (Å²) >= 11 is 1.23. The second-order valence-corrected chi connectivity index (χ2v) is 9.36. The van der Waals surface area contributed by atoms with Crippen LogP contribution in [0.1, 0.15) is 44.9 Å². The standard InChI is InChI=1S/C29H28N2O6S/c1-5-35-24-16-21(13-15-23(24)37-19(4)32)17-25-27(33)31-22(14-12-20-10-8-7-9-11-20)26(28(34)36-6-2)18(3)30-29(31)38-25/h7-17,22H,5-6H2,1-4H3/b14-12-,25-17?/t22-/m0/s1. The summed E-state index contributed by atoms with van der Waals surface area (Å²) in [5, 5.41) is 0. The maximum Gasteiger partial charge on any atom is 0.338 e. The molecule has 3 aromatic rings. The summed E-state index contributed by atoms with van der Waals surface area (Å²) in [6.07, 6.45) is 5.43. The number of carbonyl (C=O) groups is 2. The fraction of sp³-hybridized carbons (Fsp3) is 0.241. The summed E-state index contributed by atoms with van der Waals surface area (Å²) in [5.41, 5.74) is 2.16. The molecule has 1 aliphatic rings. The van der Waals surface area contributed by atoms with Gasteiger partial charge in [0, 0.05) is 6.92 Å². The quantitative estimate of drug-likeness (QED) is 0.324. The smallest absolute Gasteiger partial charge is 0.338 e. The Bertz CT molecular complexity index is 1600. The molecule has 196 valence electrons. The first-order valence-electron chi connectivity index (χ1n) is 12.2. The van der Waals surface area contributed by atoms with E-state index in [9.17, 15) is 14.4 Å². The van der Waals surface area contributed by atoms with Crippen molar-refractivity contribution < 1.29 is 23.8 Å². The molecule has 0 N–H and O–H groups in total. The molecule has 9 heteroatoms. The van der Waals surface area contributed by atoms with E-state index in [1.54, 1.807) is 38.1 Å². The van der Waals surface area contributed by atoms with Crippen LogP contribution in [-0.4, -0.2) is 29.7 Å². The molecule has 2 heterocycles. The molecule has 1 atom stereocenters. The van der Waals surface area contributed by atoms with Crippen LogP contribution in [0.25, 0.3) is 12.2 Å². The van der Waals surface area contributed by atoms with Gasteiger partial charge >= 0.3 is 11.9 Å². The first-order chi connectivity index (χ1) is 18.3. The molecule has 1 aromatic heterocycles. The molecule has 0 radical (unpaired) electrons. The molecular formula is C29H28N2O6S. The van der Waals surface area contributed by atoms with Crippen molar-refractivity contribution in [2.24, 2.45) is 4.99 Å². The molecule has 0 bridgehead atoms. The third kappa shape index (κ3) is 5.84. The molecule has 8 nitrogen and oxygen atoms in total. The second-order valence-electron chi connectivity index (χ2n) is 8.35. The maximum atomic E-state index is 13.7. The van der Waals surface area contributed by atoms with Gasteiger partial charge in [0.25, 0.3) is 5.56 Å². The summed E-state index contributed by atoms with van der Waals surface area (Å²) in [7, 11) is 0. The largest absolute Gasteiger partial charge is 0.490 e. The van der Waals surface area contributed by atoms with Crippen molar-refractivity contribution in [1.29, 1.82) is 0 Å². The van der Waals surface area contributed by atoms with Gasteiger partial charge in [-0.2, -0.15) is 0 Å². The van der Waals surface area contributed by atoms with E-state index in [4.69, 9.17) is 14.2 Å². The topological polar surface area (TPSA) is 96.2 Å². The molecule has 0 unspecified atom stereocenters. The van der Waals surface area contributed by atoms with E-state index < -0.39 is 18.0 Å². The minimum Gasteiger partial charge on any atom is -0.490 e. The number of nitrogens with zero attached hydrogens (tertiary/aromatic N) is 2. The molecule has 0 spiro atoms. The van der Waals surface area contributed by atoms with Gasteiger partial charge < -0.3 is 14.2 Å². The number of thiazole rings is 1. The van der Waals surface area contributed by atoms with Crippen LogP contribution in [0.4, 0.5) is 0 Å². The van der Waals surface area contributed by atoms with E-state index in [1.165, 1.54) is 22.8 Å². The van der Waals surface area contributed by atoms with Crippen LogP contribution >= 0.6 is 11.3 Å². The lowest BCUT2D eigenvalue weighted by molar-refractivity contribution is -0.139. The summed E-state index contributed by atoms with van der Waals surface area (Å²) in [6, 6.07) is 14.0. The lowest BCUT2D eigenvalue weighted by Crippen LogP contribution is -2.38. The molecule has 38 heavy (non-hydrogen) atoms. The predicted octanol–water partition coefficient (Wildman–Crippen LogP) is 3.79. The minimum atomic E-state index is -0.682. The van der Waals surface area contributed by atoms with E-state index in [-0.39, 0.29) is 12.2 Å². The zero-order chi connectivity index (χ0) is 27.2. The van der Waals surface area contributed by atoms with E-state index in [1.807, 2.05) is 49.4 Å². The number of aromatic nitrogens is 1. The van der Waals surface area contributed by atoms with Gasteiger partial charge in [0.05, 0.1) is 35.1 Å². The van der Waals surface area contributed by atoms with Crippen molar-refractivity contribution in [3.05, 3.63) is 96.7 Å². The van der Waals surface area contributed by atoms with Gasteiger partial charge in [-0.1, -0.05) is 59.9 Å². The number of rotatable bonds is 8. The number of ether oxygens (including phenoxy) is 3. The van der Waals surface area contributed by atoms with Crippen LogP contribution < -0.4 is 24.4 Å². The Morgan fingerprint density at radius 1 is 1.05 bits per heavy atom. The molecule has 0 saturated heterocycles. The van der Waals surface area contributed by atoms with Crippen molar-refractivity contribution >= 4 is 35.4 Å². The average molecular weight is 533 g/mol.